The molecule has 0 aliphatic rings. The smallest absolute Gasteiger partial charge is 0.315 e. The normalized spacial score (nSPS) is 11.3. The maximum Gasteiger partial charge on any atom is 0.315 e. The van der Waals surface area contributed by atoms with E-state index in [4.69, 9.17) is 0 Å². The first-order chi connectivity index (χ1) is 10.3. The van der Waals surface area contributed by atoms with Crippen LogP contribution in [-0.4, -0.2) is 39.8 Å². The number of sulfonamides is 1. The Morgan fingerprint density at radius 2 is 1.91 bits per heavy atom. The van der Waals surface area contributed by atoms with Crippen LogP contribution in [0.15, 0.2) is 24.3 Å². The fourth-order valence-electron chi connectivity index (χ4n) is 2.10. The van der Waals surface area contributed by atoms with E-state index in [1.165, 1.54) is 10.6 Å². The van der Waals surface area contributed by atoms with Crippen LogP contribution in [-0.2, 0) is 16.4 Å². The summed E-state index contributed by atoms with van der Waals surface area (Å²) >= 11 is 0. The van der Waals surface area contributed by atoms with Crippen LogP contribution in [0, 0.1) is 0 Å². The molecule has 0 saturated carbocycles. The van der Waals surface area contributed by atoms with E-state index >= 15 is 0 Å². The van der Waals surface area contributed by atoms with Gasteiger partial charge >= 0.3 is 6.03 Å². The molecule has 0 unspecified atom stereocenters. The Morgan fingerprint density at radius 1 is 1.27 bits per heavy atom. The summed E-state index contributed by atoms with van der Waals surface area (Å²) in [5, 5.41) is 5.37. The van der Waals surface area contributed by atoms with E-state index in [0.29, 0.717) is 5.69 Å². The van der Waals surface area contributed by atoms with Gasteiger partial charge in [-0.05, 0) is 31.9 Å². The molecule has 7 heteroatoms. The molecule has 0 fully saturated rings. The van der Waals surface area contributed by atoms with Crippen molar-refractivity contribution in [3.8, 4) is 0 Å². The highest BCUT2D eigenvalue weighted by molar-refractivity contribution is 7.92. The molecule has 22 heavy (non-hydrogen) atoms. The van der Waals surface area contributed by atoms with Crippen LogP contribution in [0.4, 0.5) is 10.5 Å². The average Bonchev–Trinajstić information content (AvgIpc) is 2.41. The maximum absolute atomic E-state index is 12.1. The highest BCUT2D eigenvalue weighted by atomic mass is 32.2. The number of urea groups is 1. The zero-order valence-corrected chi connectivity index (χ0v) is 14.4. The largest absolute Gasteiger partial charge is 0.336 e. The first kappa shape index (κ1) is 18.3. The summed E-state index contributed by atoms with van der Waals surface area (Å²) in [6.45, 7) is 6.14. The van der Waals surface area contributed by atoms with Crippen molar-refractivity contribution in [3.05, 3.63) is 29.8 Å². The lowest BCUT2D eigenvalue weighted by atomic mass is 10.1. The minimum atomic E-state index is -3.41. The van der Waals surface area contributed by atoms with E-state index in [1.807, 2.05) is 39.0 Å². The molecule has 1 aromatic carbocycles. The van der Waals surface area contributed by atoms with Gasteiger partial charge in [0.25, 0.3) is 0 Å². The first-order valence-corrected chi connectivity index (χ1v) is 9.20. The van der Waals surface area contributed by atoms with Crippen LogP contribution in [0.5, 0.6) is 0 Å². The van der Waals surface area contributed by atoms with E-state index in [9.17, 15) is 13.2 Å². The number of benzene rings is 1. The molecule has 0 aromatic heterocycles. The Balaban J connectivity index is 2.82. The van der Waals surface area contributed by atoms with Crippen LogP contribution in [0.1, 0.15) is 26.3 Å². The van der Waals surface area contributed by atoms with Gasteiger partial charge in [0, 0.05) is 12.6 Å². The molecule has 1 rings (SSSR count). The lowest BCUT2D eigenvalue weighted by molar-refractivity contribution is 0.239. The molecule has 0 radical (unpaired) electrons. The van der Waals surface area contributed by atoms with Crippen molar-refractivity contribution in [1.29, 1.82) is 0 Å². The Kier molecular flexibility index (Phi) is 6.67. The van der Waals surface area contributed by atoms with E-state index in [0.717, 1.165) is 12.0 Å². The first-order valence-electron chi connectivity index (χ1n) is 7.35. The summed E-state index contributed by atoms with van der Waals surface area (Å²) in [5.74, 6) is 0. The van der Waals surface area contributed by atoms with Gasteiger partial charge in [-0.25, -0.2) is 13.2 Å². The second-order valence-corrected chi connectivity index (χ2v) is 7.28. The van der Waals surface area contributed by atoms with Gasteiger partial charge in [0.05, 0.1) is 18.5 Å². The number of amides is 2. The zero-order chi connectivity index (χ0) is 16.8. The molecule has 1 aromatic rings. The molecule has 6 nitrogen and oxygen atoms in total. The van der Waals surface area contributed by atoms with E-state index in [2.05, 4.69) is 10.6 Å². The fourth-order valence-corrected chi connectivity index (χ4v) is 3.06. The van der Waals surface area contributed by atoms with E-state index in [1.54, 1.807) is 6.07 Å². The number of carbonyl (C=O) groups excluding carboxylic acids is 1. The summed E-state index contributed by atoms with van der Waals surface area (Å²) in [6.07, 6.45) is 1.91. The monoisotopic (exact) mass is 327 g/mol. The molecule has 0 saturated heterocycles. The highest BCUT2D eigenvalue weighted by Gasteiger charge is 2.19. The second-order valence-electron chi connectivity index (χ2n) is 5.37. The van der Waals surface area contributed by atoms with Crippen molar-refractivity contribution < 1.29 is 13.2 Å². The predicted octanol–water partition coefficient (Wildman–Crippen LogP) is 1.72. The molecular formula is C15H25N3O3S. The van der Waals surface area contributed by atoms with Gasteiger partial charge in [-0.15, -0.1) is 0 Å². The van der Waals surface area contributed by atoms with Gasteiger partial charge in [-0.1, -0.05) is 25.1 Å². The standard InChI is InChI=1S/C15H25N3O3S/c1-5-13-8-6-7-9-14(13)18(22(4,20)21)11-10-16-15(19)17-12(2)3/h6-9,12H,5,10-11H2,1-4H3,(H2,16,17,19). The Hall–Kier alpha value is -1.76. The highest BCUT2D eigenvalue weighted by Crippen LogP contribution is 2.22. The fraction of sp³-hybridized carbons (Fsp3) is 0.533. The quantitative estimate of drug-likeness (QED) is 0.800. The van der Waals surface area contributed by atoms with Crippen LogP contribution >= 0.6 is 0 Å². The lowest BCUT2D eigenvalue weighted by Gasteiger charge is -2.25. The molecule has 0 atom stereocenters. The van der Waals surface area contributed by atoms with Gasteiger partial charge in [0.1, 0.15) is 0 Å². The minimum absolute atomic E-state index is 0.0341. The lowest BCUT2D eigenvalue weighted by Crippen LogP contribution is -2.44. The molecule has 2 amide bonds. The van der Waals surface area contributed by atoms with E-state index in [-0.39, 0.29) is 25.2 Å². The number of para-hydroxylation sites is 1. The maximum atomic E-state index is 12.1. The van der Waals surface area contributed by atoms with Gasteiger partial charge < -0.3 is 10.6 Å². The molecule has 0 bridgehead atoms. The number of hydrogen-bond donors (Lipinski definition) is 2. The number of nitrogens with zero attached hydrogens (tertiary/aromatic N) is 1. The van der Waals surface area contributed by atoms with Crippen LogP contribution in [0.3, 0.4) is 0 Å². The Labute approximate surface area is 132 Å². The SMILES string of the molecule is CCc1ccccc1N(CCNC(=O)NC(C)C)S(C)(=O)=O. The number of aryl methyl sites for hydroxylation is 1. The summed E-state index contributed by atoms with van der Waals surface area (Å²) in [4.78, 5) is 11.6. The topological polar surface area (TPSA) is 78.5 Å². The van der Waals surface area contributed by atoms with Gasteiger partial charge in [0.15, 0.2) is 0 Å². The molecule has 124 valence electrons. The Bertz CT molecular complexity index is 600. The van der Waals surface area contributed by atoms with Gasteiger partial charge in [-0.3, -0.25) is 4.31 Å². The summed E-state index contributed by atoms with van der Waals surface area (Å²) in [7, 11) is -3.41. The third-order valence-electron chi connectivity index (χ3n) is 3.06. The average molecular weight is 327 g/mol. The summed E-state index contributed by atoms with van der Waals surface area (Å²) in [6, 6.07) is 7.13. The third-order valence-corrected chi connectivity index (χ3v) is 4.24. The number of hydrogen-bond acceptors (Lipinski definition) is 3. The number of carbonyl (C=O) groups is 1. The van der Waals surface area contributed by atoms with Crippen molar-refractivity contribution in [2.45, 2.75) is 33.2 Å². The Morgan fingerprint density at radius 3 is 2.45 bits per heavy atom. The molecule has 0 aliphatic carbocycles. The van der Waals surface area contributed by atoms with Crippen molar-refractivity contribution in [1.82, 2.24) is 10.6 Å². The number of nitrogens with one attached hydrogen (secondary N) is 2. The van der Waals surface area contributed by atoms with Crippen molar-refractivity contribution in [2.75, 3.05) is 23.7 Å². The van der Waals surface area contributed by atoms with Crippen LogP contribution in [0.25, 0.3) is 0 Å². The summed E-state index contributed by atoms with van der Waals surface area (Å²) in [5.41, 5.74) is 1.62. The third kappa shape index (κ3) is 5.55. The molecule has 0 spiro atoms. The molecule has 0 aliphatic heterocycles. The predicted molar refractivity (Wildman–Crippen MR) is 89.7 cm³/mol. The number of anilines is 1. The second kappa shape index (κ2) is 8.03. The van der Waals surface area contributed by atoms with Crippen molar-refractivity contribution >= 4 is 21.7 Å². The minimum Gasteiger partial charge on any atom is -0.336 e. The zero-order valence-electron chi connectivity index (χ0n) is 13.6. The molecule has 2 N–H and O–H groups in total. The van der Waals surface area contributed by atoms with Gasteiger partial charge in [-0.2, -0.15) is 0 Å². The van der Waals surface area contributed by atoms with Crippen LogP contribution < -0.4 is 14.9 Å². The van der Waals surface area contributed by atoms with Crippen LogP contribution in [0.2, 0.25) is 0 Å². The van der Waals surface area contributed by atoms with Gasteiger partial charge in [0.2, 0.25) is 10.0 Å². The summed E-state index contributed by atoms with van der Waals surface area (Å²) < 4.78 is 25.4. The number of rotatable bonds is 7. The van der Waals surface area contributed by atoms with E-state index < -0.39 is 10.0 Å². The molecular weight excluding hydrogens is 302 g/mol. The van der Waals surface area contributed by atoms with Crippen molar-refractivity contribution in [2.24, 2.45) is 0 Å². The van der Waals surface area contributed by atoms with Crippen molar-refractivity contribution in [3.63, 3.8) is 0 Å². The molecule has 0 heterocycles.